The molecule has 6 heteroatoms. The largest absolute Gasteiger partial charge is 0.351 e. The Morgan fingerprint density at radius 3 is 2.76 bits per heavy atom. The normalized spacial score (nSPS) is 23.2. The van der Waals surface area contributed by atoms with Crippen LogP contribution in [-0.2, 0) is 4.79 Å². The lowest BCUT2D eigenvalue weighted by molar-refractivity contribution is -0.124. The van der Waals surface area contributed by atoms with Crippen molar-refractivity contribution in [2.45, 2.75) is 44.7 Å². The summed E-state index contributed by atoms with van der Waals surface area (Å²) in [5.74, 6) is 0.476. The number of hydrogen-bond donors (Lipinski definition) is 2. The zero-order valence-corrected chi connectivity index (χ0v) is 14.2. The van der Waals surface area contributed by atoms with E-state index in [1.165, 1.54) is 0 Å². The van der Waals surface area contributed by atoms with Crippen molar-refractivity contribution >= 4 is 11.8 Å². The molecule has 1 aromatic heterocycles. The maximum absolute atomic E-state index is 12.9. The van der Waals surface area contributed by atoms with Crippen LogP contribution in [-0.4, -0.2) is 33.7 Å². The molecule has 1 aliphatic heterocycles. The van der Waals surface area contributed by atoms with Crippen LogP contribution >= 0.6 is 0 Å². The predicted molar refractivity (Wildman–Crippen MR) is 93.4 cm³/mol. The topological polar surface area (TPSA) is 76.0 Å². The molecule has 2 N–H and O–H groups in total. The Hall–Kier alpha value is -2.63. The number of piperidine rings is 1. The molecule has 0 radical (unpaired) electrons. The van der Waals surface area contributed by atoms with Crippen LogP contribution in [0.1, 0.15) is 41.7 Å². The maximum atomic E-state index is 12.9. The Kier molecular flexibility index (Phi) is 4.03. The van der Waals surface area contributed by atoms with Crippen LogP contribution in [0, 0.1) is 12.8 Å². The average Bonchev–Trinajstić information content (AvgIpc) is 3.37. The molecule has 2 aliphatic rings. The molecule has 0 bridgehead atoms. The number of hydrogen-bond acceptors (Lipinski definition) is 3. The van der Waals surface area contributed by atoms with Gasteiger partial charge in [-0.15, -0.1) is 0 Å². The molecule has 1 aliphatic carbocycles. The van der Waals surface area contributed by atoms with Crippen molar-refractivity contribution in [2.24, 2.45) is 5.92 Å². The number of carbonyl (C=O) groups is 2. The minimum Gasteiger partial charge on any atom is -0.351 e. The fraction of sp³-hybridized carbons (Fsp3) is 0.421. The lowest BCUT2D eigenvalue weighted by Crippen LogP contribution is -2.56. The molecule has 1 saturated heterocycles. The van der Waals surface area contributed by atoms with Gasteiger partial charge >= 0.3 is 0 Å². The zero-order chi connectivity index (χ0) is 17.4. The molecule has 2 aromatic rings. The number of nitrogens with zero attached hydrogens (tertiary/aromatic N) is 2. The van der Waals surface area contributed by atoms with Crippen LogP contribution in [0.15, 0.2) is 36.5 Å². The van der Waals surface area contributed by atoms with Crippen LogP contribution in [0.25, 0.3) is 5.69 Å². The quantitative estimate of drug-likeness (QED) is 0.895. The molecule has 1 saturated carbocycles. The molecule has 0 unspecified atom stereocenters. The monoisotopic (exact) mass is 338 g/mol. The van der Waals surface area contributed by atoms with Gasteiger partial charge in [-0.2, -0.15) is 5.10 Å². The van der Waals surface area contributed by atoms with Crippen molar-refractivity contribution in [3.8, 4) is 5.69 Å². The Morgan fingerprint density at radius 1 is 1.24 bits per heavy atom. The molecule has 130 valence electrons. The highest BCUT2D eigenvalue weighted by molar-refractivity contribution is 5.98. The van der Waals surface area contributed by atoms with E-state index in [9.17, 15) is 9.59 Å². The van der Waals surface area contributed by atoms with E-state index in [0.717, 1.165) is 24.2 Å². The third-order valence-electron chi connectivity index (χ3n) is 5.01. The Bertz CT molecular complexity index is 809. The van der Waals surface area contributed by atoms with E-state index in [0.29, 0.717) is 24.3 Å². The van der Waals surface area contributed by atoms with Crippen molar-refractivity contribution in [3.05, 3.63) is 47.8 Å². The first kappa shape index (κ1) is 15.9. The summed E-state index contributed by atoms with van der Waals surface area (Å²) in [5, 5.41) is 10.6. The SMILES string of the molecule is Cc1ccn(-c2ccccc2C(=O)N[C@@H]2CCC(=O)N[C@H]2C2CC2)n1. The Balaban J connectivity index is 1.56. The summed E-state index contributed by atoms with van der Waals surface area (Å²) in [7, 11) is 0. The van der Waals surface area contributed by atoms with Crippen LogP contribution in [0.2, 0.25) is 0 Å². The number of carbonyl (C=O) groups excluding carboxylic acids is 2. The molecule has 25 heavy (non-hydrogen) atoms. The number of amides is 2. The Labute approximate surface area is 146 Å². The fourth-order valence-corrected chi connectivity index (χ4v) is 3.55. The molecular weight excluding hydrogens is 316 g/mol. The van der Waals surface area contributed by atoms with Gasteiger partial charge in [0.05, 0.1) is 29.0 Å². The van der Waals surface area contributed by atoms with Crippen molar-refractivity contribution < 1.29 is 9.59 Å². The van der Waals surface area contributed by atoms with Gasteiger partial charge in [0, 0.05) is 12.6 Å². The van der Waals surface area contributed by atoms with E-state index in [-0.39, 0.29) is 23.9 Å². The molecule has 1 aromatic carbocycles. The fourth-order valence-electron chi connectivity index (χ4n) is 3.55. The van der Waals surface area contributed by atoms with Gasteiger partial charge in [0.15, 0.2) is 0 Å². The molecule has 6 nitrogen and oxygen atoms in total. The summed E-state index contributed by atoms with van der Waals surface area (Å²) >= 11 is 0. The summed E-state index contributed by atoms with van der Waals surface area (Å²) in [6, 6.07) is 9.42. The summed E-state index contributed by atoms with van der Waals surface area (Å²) in [5.41, 5.74) is 2.26. The van der Waals surface area contributed by atoms with E-state index < -0.39 is 0 Å². The summed E-state index contributed by atoms with van der Waals surface area (Å²) in [6.45, 7) is 1.92. The van der Waals surface area contributed by atoms with Gasteiger partial charge in [0.2, 0.25) is 5.91 Å². The van der Waals surface area contributed by atoms with E-state index in [4.69, 9.17) is 0 Å². The van der Waals surface area contributed by atoms with Gasteiger partial charge in [-0.05, 0) is 50.3 Å². The van der Waals surface area contributed by atoms with Gasteiger partial charge < -0.3 is 10.6 Å². The van der Waals surface area contributed by atoms with E-state index in [1.807, 2.05) is 43.5 Å². The average molecular weight is 338 g/mol. The van der Waals surface area contributed by atoms with Gasteiger partial charge in [-0.25, -0.2) is 4.68 Å². The molecule has 2 fully saturated rings. The minimum atomic E-state index is -0.115. The summed E-state index contributed by atoms with van der Waals surface area (Å²) < 4.78 is 1.73. The highest BCUT2D eigenvalue weighted by Gasteiger charge is 2.40. The Morgan fingerprint density at radius 2 is 2.04 bits per heavy atom. The standard InChI is InChI=1S/C19H22N4O2/c1-12-10-11-23(22-12)16-5-3-2-4-14(16)19(25)20-15-8-9-17(24)21-18(15)13-6-7-13/h2-5,10-11,13,15,18H,6-9H2,1H3,(H,20,25)(H,21,24)/t15-,18+/m1/s1. The van der Waals surface area contributed by atoms with E-state index >= 15 is 0 Å². The second kappa shape index (κ2) is 6.35. The van der Waals surface area contributed by atoms with Crippen molar-refractivity contribution in [2.75, 3.05) is 0 Å². The number of rotatable bonds is 4. The highest BCUT2D eigenvalue weighted by atomic mass is 16.2. The van der Waals surface area contributed by atoms with Crippen LogP contribution in [0.5, 0.6) is 0 Å². The first-order chi connectivity index (χ1) is 12.1. The van der Waals surface area contributed by atoms with E-state index in [2.05, 4.69) is 15.7 Å². The maximum Gasteiger partial charge on any atom is 0.253 e. The van der Waals surface area contributed by atoms with Crippen LogP contribution < -0.4 is 10.6 Å². The van der Waals surface area contributed by atoms with Gasteiger partial charge in [0.1, 0.15) is 0 Å². The molecule has 0 spiro atoms. The first-order valence-corrected chi connectivity index (χ1v) is 8.84. The summed E-state index contributed by atoms with van der Waals surface area (Å²) in [6.07, 6.45) is 5.27. The molecule has 2 heterocycles. The number of aromatic nitrogens is 2. The lowest BCUT2D eigenvalue weighted by Gasteiger charge is -2.33. The summed E-state index contributed by atoms with van der Waals surface area (Å²) in [4.78, 5) is 24.6. The molecule has 2 amide bonds. The third kappa shape index (κ3) is 3.29. The van der Waals surface area contributed by atoms with Crippen molar-refractivity contribution in [1.29, 1.82) is 0 Å². The highest BCUT2D eigenvalue weighted by Crippen LogP contribution is 2.36. The van der Waals surface area contributed by atoms with Crippen LogP contribution in [0.4, 0.5) is 0 Å². The van der Waals surface area contributed by atoms with Gasteiger partial charge in [0.25, 0.3) is 5.91 Å². The number of benzene rings is 1. The molecule has 2 atom stereocenters. The number of nitrogens with one attached hydrogen (secondary N) is 2. The second-order valence-electron chi connectivity index (χ2n) is 6.97. The number of aryl methyl sites for hydroxylation is 1. The predicted octanol–water partition coefficient (Wildman–Crippen LogP) is 1.97. The second-order valence-corrected chi connectivity index (χ2v) is 6.97. The van der Waals surface area contributed by atoms with Crippen molar-refractivity contribution in [3.63, 3.8) is 0 Å². The van der Waals surface area contributed by atoms with Gasteiger partial charge in [-0.3, -0.25) is 9.59 Å². The van der Waals surface area contributed by atoms with E-state index in [1.54, 1.807) is 4.68 Å². The smallest absolute Gasteiger partial charge is 0.253 e. The molecule has 4 rings (SSSR count). The van der Waals surface area contributed by atoms with Crippen molar-refractivity contribution in [1.82, 2.24) is 20.4 Å². The number of para-hydroxylation sites is 1. The zero-order valence-electron chi connectivity index (χ0n) is 14.2. The minimum absolute atomic E-state index is 0.00915. The van der Waals surface area contributed by atoms with Crippen LogP contribution in [0.3, 0.4) is 0 Å². The first-order valence-electron chi connectivity index (χ1n) is 8.84. The van der Waals surface area contributed by atoms with Gasteiger partial charge in [-0.1, -0.05) is 12.1 Å². The molecular formula is C19H22N4O2. The third-order valence-corrected chi connectivity index (χ3v) is 5.01. The lowest BCUT2D eigenvalue weighted by atomic mass is 9.94.